The van der Waals surface area contributed by atoms with Gasteiger partial charge in [-0.3, -0.25) is 4.79 Å². The molecule has 0 spiro atoms. The summed E-state index contributed by atoms with van der Waals surface area (Å²) in [6.07, 6.45) is 4.00. The van der Waals surface area contributed by atoms with Gasteiger partial charge >= 0.3 is 12.0 Å². The van der Waals surface area contributed by atoms with E-state index in [2.05, 4.69) is 5.32 Å². The number of carboxylic acids is 1. The number of urea groups is 1. The lowest BCUT2D eigenvalue weighted by Crippen LogP contribution is -2.48. The van der Waals surface area contributed by atoms with Crippen LogP contribution in [0.3, 0.4) is 0 Å². The second kappa shape index (κ2) is 6.92. The highest BCUT2D eigenvalue weighted by Crippen LogP contribution is 2.26. The van der Waals surface area contributed by atoms with Crippen LogP contribution in [0.4, 0.5) is 4.79 Å². The van der Waals surface area contributed by atoms with E-state index in [-0.39, 0.29) is 24.1 Å². The van der Waals surface area contributed by atoms with Crippen molar-refractivity contribution in [3.63, 3.8) is 0 Å². The van der Waals surface area contributed by atoms with Crippen LogP contribution in [0, 0.1) is 5.92 Å². The lowest BCUT2D eigenvalue weighted by molar-refractivity contribution is -0.141. The third-order valence-electron chi connectivity index (χ3n) is 4.24. The first-order valence-electron chi connectivity index (χ1n) is 7.50. The van der Waals surface area contributed by atoms with E-state index in [0.29, 0.717) is 25.9 Å². The predicted octanol–water partition coefficient (Wildman–Crippen LogP) is 1.45. The molecule has 6 heteroatoms. The monoisotopic (exact) mass is 284 g/mol. The molecular formula is C14H24N2O4. The molecule has 0 aromatic carbocycles. The number of amides is 2. The third kappa shape index (κ3) is 3.85. The van der Waals surface area contributed by atoms with Gasteiger partial charge in [-0.1, -0.05) is 0 Å². The molecule has 2 unspecified atom stereocenters. The molecule has 2 rings (SSSR count). The van der Waals surface area contributed by atoms with E-state index in [9.17, 15) is 9.59 Å². The van der Waals surface area contributed by atoms with Crippen LogP contribution >= 0.6 is 0 Å². The Balaban J connectivity index is 1.72. The minimum absolute atomic E-state index is 0.00761. The van der Waals surface area contributed by atoms with E-state index in [1.165, 1.54) is 0 Å². The van der Waals surface area contributed by atoms with Gasteiger partial charge in [0.1, 0.15) is 0 Å². The van der Waals surface area contributed by atoms with Crippen LogP contribution in [0.2, 0.25) is 0 Å². The Labute approximate surface area is 119 Å². The fourth-order valence-electron chi connectivity index (χ4n) is 3.06. The minimum atomic E-state index is -0.751. The van der Waals surface area contributed by atoms with Gasteiger partial charge in [-0.05, 0) is 39.0 Å². The Hall–Kier alpha value is -1.30. The molecule has 2 atom stereocenters. The van der Waals surface area contributed by atoms with Crippen LogP contribution in [0.5, 0.6) is 0 Å². The summed E-state index contributed by atoms with van der Waals surface area (Å²) in [6, 6.07) is -0.0517. The average molecular weight is 284 g/mol. The van der Waals surface area contributed by atoms with Gasteiger partial charge in [-0.2, -0.15) is 0 Å². The number of ether oxygens (including phenoxy) is 1. The molecule has 0 aromatic rings. The van der Waals surface area contributed by atoms with Crippen molar-refractivity contribution >= 4 is 12.0 Å². The maximum Gasteiger partial charge on any atom is 0.317 e. The summed E-state index contributed by atoms with van der Waals surface area (Å²) in [7, 11) is 0. The highest BCUT2D eigenvalue weighted by atomic mass is 16.5. The number of aliphatic carboxylic acids is 1. The fraction of sp³-hybridized carbons (Fsp3) is 0.857. The topological polar surface area (TPSA) is 78.9 Å². The van der Waals surface area contributed by atoms with Gasteiger partial charge in [0.05, 0.1) is 12.0 Å². The standard InChI is InChI=1S/C14H24N2O4/c1-2-20-12-5-7-16(8-6-12)14(19)15-11-4-3-10(9-11)13(17)18/h10-12H,2-9H2,1H3,(H,15,19)(H,17,18). The molecule has 1 aliphatic carbocycles. The van der Waals surface area contributed by atoms with Gasteiger partial charge in [0, 0.05) is 25.7 Å². The van der Waals surface area contributed by atoms with Crippen molar-refractivity contribution in [2.45, 2.75) is 51.2 Å². The number of carbonyl (C=O) groups is 2. The zero-order valence-electron chi connectivity index (χ0n) is 12.0. The summed E-state index contributed by atoms with van der Waals surface area (Å²) in [5, 5.41) is 11.9. The molecule has 0 bridgehead atoms. The Morgan fingerprint density at radius 1 is 1.25 bits per heavy atom. The summed E-state index contributed by atoms with van der Waals surface area (Å²) in [5.74, 6) is -1.05. The lowest BCUT2D eigenvalue weighted by Gasteiger charge is -2.32. The Morgan fingerprint density at radius 2 is 1.95 bits per heavy atom. The first-order valence-corrected chi connectivity index (χ1v) is 7.50. The van der Waals surface area contributed by atoms with Crippen LogP contribution in [0.25, 0.3) is 0 Å². The molecule has 20 heavy (non-hydrogen) atoms. The number of nitrogens with zero attached hydrogens (tertiary/aromatic N) is 1. The molecule has 0 radical (unpaired) electrons. The van der Waals surface area contributed by atoms with Crippen molar-refractivity contribution in [3.8, 4) is 0 Å². The number of likely N-dealkylation sites (tertiary alicyclic amines) is 1. The number of hydrogen-bond donors (Lipinski definition) is 2. The third-order valence-corrected chi connectivity index (χ3v) is 4.24. The Kier molecular flexibility index (Phi) is 5.23. The molecule has 0 aromatic heterocycles. The lowest BCUT2D eigenvalue weighted by atomic mass is 10.1. The molecule has 2 aliphatic rings. The second-order valence-electron chi connectivity index (χ2n) is 5.64. The van der Waals surface area contributed by atoms with E-state index in [4.69, 9.17) is 9.84 Å². The smallest absolute Gasteiger partial charge is 0.317 e. The molecule has 6 nitrogen and oxygen atoms in total. The summed E-state index contributed by atoms with van der Waals surface area (Å²) in [4.78, 5) is 24.8. The van der Waals surface area contributed by atoms with E-state index >= 15 is 0 Å². The van der Waals surface area contributed by atoms with E-state index in [1.54, 1.807) is 0 Å². The van der Waals surface area contributed by atoms with Gasteiger partial charge in [-0.15, -0.1) is 0 Å². The average Bonchev–Trinajstić information content (AvgIpc) is 2.88. The zero-order valence-corrected chi connectivity index (χ0v) is 12.0. The molecule has 2 N–H and O–H groups in total. The van der Waals surface area contributed by atoms with Gasteiger partial charge in [0.2, 0.25) is 0 Å². The van der Waals surface area contributed by atoms with Gasteiger partial charge < -0.3 is 20.1 Å². The maximum atomic E-state index is 12.1. The van der Waals surface area contributed by atoms with Crippen molar-refractivity contribution in [3.05, 3.63) is 0 Å². The molecule has 1 saturated heterocycles. The van der Waals surface area contributed by atoms with Crippen molar-refractivity contribution in [2.75, 3.05) is 19.7 Å². The van der Waals surface area contributed by atoms with E-state index in [0.717, 1.165) is 25.9 Å². The highest BCUT2D eigenvalue weighted by molar-refractivity contribution is 5.75. The van der Waals surface area contributed by atoms with Gasteiger partial charge in [0.15, 0.2) is 0 Å². The molecule has 114 valence electrons. The number of carbonyl (C=O) groups excluding carboxylic acids is 1. The molecule has 1 saturated carbocycles. The molecular weight excluding hydrogens is 260 g/mol. The normalized spacial score (nSPS) is 27.6. The number of rotatable bonds is 4. The first-order chi connectivity index (χ1) is 9.60. The summed E-state index contributed by atoms with van der Waals surface area (Å²) in [5.41, 5.74) is 0. The quantitative estimate of drug-likeness (QED) is 0.819. The van der Waals surface area contributed by atoms with Gasteiger partial charge in [0.25, 0.3) is 0 Å². The molecule has 1 heterocycles. The number of carboxylic acid groups (broad SMARTS) is 1. The number of piperidine rings is 1. The van der Waals surface area contributed by atoms with Crippen LogP contribution in [0.15, 0.2) is 0 Å². The summed E-state index contributed by atoms with van der Waals surface area (Å²) in [6.45, 7) is 4.13. The SMILES string of the molecule is CCOC1CCN(C(=O)NC2CCC(C(=O)O)C2)CC1. The highest BCUT2D eigenvalue weighted by Gasteiger charge is 2.32. The molecule has 2 amide bonds. The summed E-state index contributed by atoms with van der Waals surface area (Å²) < 4.78 is 5.56. The van der Waals surface area contributed by atoms with Crippen LogP contribution < -0.4 is 5.32 Å². The molecule has 1 aliphatic heterocycles. The second-order valence-corrected chi connectivity index (χ2v) is 5.64. The first kappa shape index (κ1) is 15.1. The zero-order chi connectivity index (χ0) is 14.5. The molecule has 2 fully saturated rings. The van der Waals surface area contributed by atoms with Crippen molar-refractivity contribution in [1.82, 2.24) is 10.2 Å². The largest absolute Gasteiger partial charge is 0.481 e. The Morgan fingerprint density at radius 3 is 2.50 bits per heavy atom. The van der Waals surface area contributed by atoms with Gasteiger partial charge in [-0.25, -0.2) is 4.79 Å². The van der Waals surface area contributed by atoms with E-state index in [1.807, 2.05) is 11.8 Å². The predicted molar refractivity (Wildman–Crippen MR) is 73.5 cm³/mol. The van der Waals surface area contributed by atoms with Crippen LogP contribution in [0.1, 0.15) is 39.0 Å². The van der Waals surface area contributed by atoms with Crippen LogP contribution in [-0.4, -0.2) is 53.8 Å². The fourth-order valence-corrected chi connectivity index (χ4v) is 3.06. The summed E-state index contributed by atoms with van der Waals surface area (Å²) >= 11 is 0. The number of nitrogens with one attached hydrogen (secondary N) is 1. The Bertz CT molecular complexity index is 353. The minimum Gasteiger partial charge on any atom is -0.481 e. The van der Waals surface area contributed by atoms with Crippen molar-refractivity contribution < 1.29 is 19.4 Å². The van der Waals surface area contributed by atoms with Crippen molar-refractivity contribution in [1.29, 1.82) is 0 Å². The van der Waals surface area contributed by atoms with E-state index < -0.39 is 5.97 Å². The van der Waals surface area contributed by atoms with Crippen LogP contribution in [-0.2, 0) is 9.53 Å². The van der Waals surface area contributed by atoms with Crippen molar-refractivity contribution in [2.24, 2.45) is 5.92 Å². The number of hydrogen-bond acceptors (Lipinski definition) is 3. The maximum absolute atomic E-state index is 12.1.